The molecule has 0 aliphatic heterocycles. The number of carbonyl (C=O) groups excluding carboxylic acids is 1. The van der Waals surface area contributed by atoms with Crippen LogP contribution < -0.4 is 0 Å². The molecule has 2 nitrogen and oxygen atoms in total. The molecule has 26 heavy (non-hydrogen) atoms. The summed E-state index contributed by atoms with van der Waals surface area (Å²) in [6, 6.07) is 19.3. The molecule has 0 bridgehead atoms. The van der Waals surface area contributed by atoms with Crippen LogP contribution in [0.5, 0.6) is 0 Å². The zero-order valence-corrected chi connectivity index (χ0v) is 16.2. The van der Waals surface area contributed by atoms with Gasteiger partial charge in [-0.25, -0.2) is 0 Å². The fraction of sp³-hybridized carbons (Fsp3) is 0.458. The first-order valence-corrected chi connectivity index (χ1v) is 10.1. The maximum absolute atomic E-state index is 13.2. The van der Waals surface area contributed by atoms with E-state index in [1.807, 2.05) is 18.2 Å². The lowest BCUT2D eigenvalue weighted by molar-refractivity contribution is -0.135. The Morgan fingerprint density at radius 2 is 1.81 bits per heavy atom. The molecule has 0 heterocycles. The Morgan fingerprint density at radius 3 is 2.58 bits per heavy atom. The minimum Gasteiger partial charge on any atom is -0.335 e. The minimum absolute atomic E-state index is 0.231. The van der Waals surface area contributed by atoms with Gasteiger partial charge in [-0.15, -0.1) is 0 Å². The Morgan fingerprint density at radius 1 is 1.08 bits per heavy atom. The Kier molecular flexibility index (Phi) is 6.49. The number of nitrogens with zero attached hydrogens (tertiary/aromatic N) is 1. The summed E-state index contributed by atoms with van der Waals surface area (Å²) in [6.45, 7) is 5.38. The Bertz CT molecular complexity index is 709. The monoisotopic (exact) mass is 349 g/mol. The highest BCUT2D eigenvalue weighted by Crippen LogP contribution is 2.39. The molecule has 0 spiro atoms. The molecular weight excluding hydrogens is 318 g/mol. The van der Waals surface area contributed by atoms with Gasteiger partial charge in [0.15, 0.2) is 0 Å². The summed E-state index contributed by atoms with van der Waals surface area (Å²) in [4.78, 5) is 15.4. The highest BCUT2D eigenvalue weighted by molar-refractivity contribution is 5.77. The van der Waals surface area contributed by atoms with Crippen molar-refractivity contribution in [1.29, 1.82) is 0 Å². The number of fused-ring (bicyclic) bond motifs is 1. The zero-order chi connectivity index (χ0) is 18.4. The first kappa shape index (κ1) is 18.7. The maximum Gasteiger partial charge on any atom is 0.223 e. The molecule has 1 aliphatic rings. The molecule has 0 fully saturated rings. The normalized spacial score (nSPS) is 19.0. The number of carbonyl (C=O) groups is 1. The molecule has 2 atom stereocenters. The summed E-state index contributed by atoms with van der Waals surface area (Å²) in [6.07, 6.45) is 5.90. The van der Waals surface area contributed by atoms with Crippen molar-refractivity contribution in [2.45, 2.75) is 58.4 Å². The molecule has 1 aliphatic carbocycles. The number of rotatable bonds is 7. The zero-order valence-electron chi connectivity index (χ0n) is 16.2. The second kappa shape index (κ2) is 9.02. The van der Waals surface area contributed by atoms with E-state index in [4.69, 9.17) is 0 Å². The van der Waals surface area contributed by atoms with Crippen molar-refractivity contribution in [1.82, 2.24) is 4.90 Å². The fourth-order valence-electron chi connectivity index (χ4n) is 4.16. The molecule has 2 unspecified atom stereocenters. The summed E-state index contributed by atoms with van der Waals surface area (Å²) in [7, 11) is 0. The Balaban J connectivity index is 1.79. The van der Waals surface area contributed by atoms with Crippen molar-refractivity contribution in [3.05, 3.63) is 71.3 Å². The van der Waals surface area contributed by atoms with E-state index in [1.165, 1.54) is 16.7 Å². The molecule has 138 valence electrons. The maximum atomic E-state index is 13.2. The van der Waals surface area contributed by atoms with Crippen LogP contribution >= 0.6 is 0 Å². The van der Waals surface area contributed by atoms with E-state index in [-0.39, 0.29) is 6.04 Å². The van der Waals surface area contributed by atoms with Gasteiger partial charge in [-0.3, -0.25) is 4.79 Å². The van der Waals surface area contributed by atoms with Crippen LogP contribution in [-0.2, 0) is 17.6 Å². The second-order valence-electron chi connectivity index (χ2n) is 7.59. The number of hydrogen-bond donors (Lipinski definition) is 0. The molecule has 3 rings (SSSR count). The quantitative estimate of drug-likeness (QED) is 0.640. The van der Waals surface area contributed by atoms with Crippen molar-refractivity contribution in [2.75, 3.05) is 6.54 Å². The van der Waals surface area contributed by atoms with Crippen LogP contribution in [0.2, 0.25) is 0 Å². The molecule has 2 heteroatoms. The van der Waals surface area contributed by atoms with Gasteiger partial charge in [0.1, 0.15) is 0 Å². The summed E-state index contributed by atoms with van der Waals surface area (Å²) in [5.41, 5.74) is 4.04. The van der Waals surface area contributed by atoms with Crippen LogP contribution in [0.1, 0.15) is 62.3 Å². The number of benzene rings is 2. The standard InChI is InChI=1S/C24H31NO/c1-3-4-18-25(23(26)17-15-20-10-6-5-7-11-20)24-19(2)14-16-21-12-8-9-13-22(21)24/h5-13,19,24H,3-4,14-18H2,1-2H3. The number of aryl methyl sites for hydroxylation is 2. The van der Waals surface area contributed by atoms with Crippen LogP contribution in [0.3, 0.4) is 0 Å². The third-order valence-electron chi connectivity index (χ3n) is 5.66. The van der Waals surface area contributed by atoms with Gasteiger partial charge in [-0.05, 0) is 48.3 Å². The highest BCUT2D eigenvalue weighted by atomic mass is 16.2. The first-order chi connectivity index (χ1) is 12.7. The van der Waals surface area contributed by atoms with Gasteiger partial charge < -0.3 is 4.90 Å². The average Bonchev–Trinajstić information content (AvgIpc) is 2.68. The molecule has 0 saturated heterocycles. The van der Waals surface area contributed by atoms with Crippen molar-refractivity contribution >= 4 is 5.91 Å². The van der Waals surface area contributed by atoms with Crippen LogP contribution in [0.4, 0.5) is 0 Å². The van der Waals surface area contributed by atoms with Gasteiger partial charge in [0.05, 0.1) is 6.04 Å². The summed E-state index contributed by atoms with van der Waals surface area (Å²) in [5.74, 6) is 0.818. The minimum atomic E-state index is 0.231. The average molecular weight is 350 g/mol. The van der Waals surface area contributed by atoms with E-state index in [9.17, 15) is 4.79 Å². The van der Waals surface area contributed by atoms with Crippen LogP contribution in [0, 0.1) is 5.92 Å². The topological polar surface area (TPSA) is 20.3 Å². The molecule has 1 amide bonds. The number of hydrogen-bond acceptors (Lipinski definition) is 1. The van der Waals surface area contributed by atoms with Gasteiger partial charge in [0.2, 0.25) is 5.91 Å². The van der Waals surface area contributed by atoms with E-state index in [1.54, 1.807) is 0 Å². The van der Waals surface area contributed by atoms with E-state index in [2.05, 4.69) is 55.1 Å². The van der Waals surface area contributed by atoms with Crippen LogP contribution in [0.25, 0.3) is 0 Å². The summed E-state index contributed by atoms with van der Waals surface area (Å²) >= 11 is 0. The van der Waals surface area contributed by atoms with Crippen molar-refractivity contribution in [3.63, 3.8) is 0 Å². The SMILES string of the molecule is CCCCN(C(=O)CCc1ccccc1)C1c2ccccc2CCC1C. The molecule has 0 radical (unpaired) electrons. The van der Waals surface area contributed by atoms with Crippen molar-refractivity contribution in [2.24, 2.45) is 5.92 Å². The largest absolute Gasteiger partial charge is 0.335 e. The third kappa shape index (κ3) is 4.35. The first-order valence-electron chi connectivity index (χ1n) is 10.1. The Labute approximate surface area is 158 Å². The van der Waals surface area contributed by atoms with Crippen LogP contribution in [0.15, 0.2) is 54.6 Å². The van der Waals surface area contributed by atoms with Crippen molar-refractivity contribution in [3.8, 4) is 0 Å². The van der Waals surface area contributed by atoms with Crippen LogP contribution in [-0.4, -0.2) is 17.4 Å². The van der Waals surface area contributed by atoms with Gasteiger partial charge in [-0.1, -0.05) is 74.9 Å². The van der Waals surface area contributed by atoms with Gasteiger partial charge in [0, 0.05) is 13.0 Å². The molecule has 0 saturated carbocycles. The second-order valence-corrected chi connectivity index (χ2v) is 7.59. The summed E-state index contributed by atoms with van der Waals surface area (Å²) < 4.78 is 0. The van der Waals surface area contributed by atoms with E-state index >= 15 is 0 Å². The predicted octanol–water partition coefficient (Wildman–Crippen LogP) is 5.57. The number of unbranched alkanes of at least 4 members (excludes halogenated alkanes) is 1. The third-order valence-corrected chi connectivity index (χ3v) is 5.66. The van der Waals surface area contributed by atoms with Gasteiger partial charge in [0.25, 0.3) is 0 Å². The van der Waals surface area contributed by atoms with E-state index < -0.39 is 0 Å². The van der Waals surface area contributed by atoms with E-state index in [0.717, 1.165) is 38.6 Å². The van der Waals surface area contributed by atoms with Crippen molar-refractivity contribution < 1.29 is 4.79 Å². The summed E-state index contributed by atoms with van der Waals surface area (Å²) in [5, 5.41) is 0. The lowest BCUT2D eigenvalue weighted by Gasteiger charge is -2.40. The highest BCUT2D eigenvalue weighted by Gasteiger charge is 2.33. The fourth-order valence-corrected chi connectivity index (χ4v) is 4.16. The van der Waals surface area contributed by atoms with E-state index in [0.29, 0.717) is 18.2 Å². The molecule has 2 aromatic rings. The lowest BCUT2D eigenvalue weighted by Crippen LogP contribution is -2.40. The predicted molar refractivity (Wildman–Crippen MR) is 108 cm³/mol. The molecule has 2 aromatic carbocycles. The molecule has 0 N–H and O–H groups in total. The van der Waals surface area contributed by atoms with Gasteiger partial charge >= 0.3 is 0 Å². The van der Waals surface area contributed by atoms with Gasteiger partial charge in [-0.2, -0.15) is 0 Å². The molecular formula is C24H31NO. The smallest absolute Gasteiger partial charge is 0.223 e. The lowest BCUT2D eigenvalue weighted by atomic mass is 9.79. The Hall–Kier alpha value is -2.09. The molecule has 0 aromatic heterocycles. The number of amides is 1.